The maximum Gasteiger partial charge on any atom is 0.0727 e. The van der Waals surface area contributed by atoms with E-state index in [2.05, 4.69) is 193 Å². The van der Waals surface area contributed by atoms with E-state index in [0.29, 0.717) is 11.4 Å². The van der Waals surface area contributed by atoms with Crippen LogP contribution in [0.4, 0.5) is 34.1 Å². The zero-order chi connectivity index (χ0) is 46.1. The van der Waals surface area contributed by atoms with Crippen LogP contribution >= 0.6 is 0 Å². The Balaban J connectivity index is 1.15. The summed E-state index contributed by atoms with van der Waals surface area (Å²) < 4.78 is 44.3. The summed E-state index contributed by atoms with van der Waals surface area (Å²) >= 11 is 0. The van der Waals surface area contributed by atoms with Crippen LogP contribution in [0.2, 0.25) is 0 Å². The molecule has 1 unspecified atom stereocenters. The lowest BCUT2D eigenvalue weighted by molar-refractivity contribution is 0.793. The Hall–Kier alpha value is -8.20. The topological polar surface area (TPSA) is 6.48 Å². The smallest absolute Gasteiger partial charge is 0.0727 e. The minimum atomic E-state index is -0.796. The van der Waals surface area contributed by atoms with Crippen LogP contribution in [-0.4, -0.2) is 0 Å². The first kappa shape index (κ1) is 31.6. The Bertz CT molecular complexity index is 3470. The number of benzene rings is 10. The van der Waals surface area contributed by atoms with Crippen molar-refractivity contribution >= 4 is 34.1 Å². The molecule has 0 saturated heterocycles. The Morgan fingerprint density at radius 3 is 1.19 bits per heavy atom. The predicted molar refractivity (Wildman–Crippen MR) is 263 cm³/mol. The summed E-state index contributed by atoms with van der Waals surface area (Å²) in [6, 6.07) is 76.9. The van der Waals surface area contributed by atoms with Gasteiger partial charge in [0.2, 0.25) is 0 Å². The highest BCUT2D eigenvalue weighted by Gasteiger charge is 2.52. The van der Waals surface area contributed by atoms with Crippen molar-refractivity contribution in [3.8, 4) is 44.5 Å². The van der Waals surface area contributed by atoms with E-state index in [1.54, 1.807) is 0 Å². The largest absolute Gasteiger partial charge is 0.310 e. The van der Waals surface area contributed by atoms with Crippen LogP contribution in [-0.2, 0) is 5.41 Å². The minimum Gasteiger partial charge on any atom is -0.310 e. The molecular weight excluding hydrogens is 761 g/mol. The van der Waals surface area contributed by atoms with E-state index >= 15 is 0 Å². The first-order valence-electron chi connectivity index (χ1n) is 23.9. The zero-order valence-electron chi connectivity index (χ0n) is 39.3. The van der Waals surface area contributed by atoms with Crippen molar-refractivity contribution in [1.82, 2.24) is 0 Å². The van der Waals surface area contributed by atoms with Crippen molar-refractivity contribution in [3.05, 3.63) is 277 Å². The van der Waals surface area contributed by atoms with Crippen LogP contribution < -0.4 is 9.80 Å². The molecule has 0 radical (unpaired) electrons. The standard InChI is InChI=1S/C61H42N2/c1-5-21-43(22-6-1)49-29-15-19-35-59(49)63(60-36-20-16-30-50(60)44-23-7-2-8-24-44)48-38-40-54-52-32-14-18-34-56(52)61(58(54)42-48)55-33-17-13-31-51(55)53-39-37-47(41-57(53)61)62(45-25-9-3-10-26-45)46-27-11-4-12-28-46/h1-42H/i3D,9D,10D,25D,26D. The molecule has 0 heterocycles. The van der Waals surface area contributed by atoms with E-state index in [9.17, 15) is 2.74 Å². The van der Waals surface area contributed by atoms with Crippen molar-refractivity contribution in [2.75, 3.05) is 9.80 Å². The Kier molecular flexibility index (Phi) is 7.56. The van der Waals surface area contributed by atoms with Crippen molar-refractivity contribution in [3.63, 3.8) is 0 Å². The second-order valence-electron chi connectivity index (χ2n) is 16.0. The van der Waals surface area contributed by atoms with Gasteiger partial charge in [-0.1, -0.05) is 194 Å². The average molecular weight is 808 g/mol. The summed E-state index contributed by atoms with van der Waals surface area (Å²) in [6.07, 6.45) is 0. The summed E-state index contributed by atoms with van der Waals surface area (Å²) in [5.74, 6) is 0. The molecule has 10 aromatic rings. The fraction of sp³-hybridized carbons (Fsp3) is 0.0164. The van der Waals surface area contributed by atoms with Gasteiger partial charge in [0.25, 0.3) is 0 Å². The Morgan fingerprint density at radius 2 is 0.683 bits per heavy atom. The van der Waals surface area contributed by atoms with Gasteiger partial charge in [0.1, 0.15) is 0 Å². The molecule has 0 amide bonds. The van der Waals surface area contributed by atoms with E-state index in [0.717, 1.165) is 83.8 Å². The summed E-state index contributed by atoms with van der Waals surface area (Å²) in [4.78, 5) is 4.23. The van der Waals surface area contributed by atoms with Gasteiger partial charge in [-0.3, -0.25) is 0 Å². The summed E-state index contributed by atoms with van der Waals surface area (Å²) in [6.45, 7) is 0. The molecule has 2 aliphatic carbocycles. The summed E-state index contributed by atoms with van der Waals surface area (Å²) in [7, 11) is 0. The zero-order valence-corrected chi connectivity index (χ0v) is 34.3. The van der Waals surface area contributed by atoms with E-state index in [1.807, 2.05) is 41.3 Å². The molecule has 63 heavy (non-hydrogen) atoms. The van der Waals surface area contributed by atoms with Crippen molar-refractivity contribution in [2.45, 2.75) is 5.41 Å². The van der Waals surface area contributed by atoms with Crippen LogP contribution in [0.1, 0.15) is 29.1 Å². The van der Waals surface area contributed by atoms with Crippen LogP contribution in [0.15, 0.2) is 255 Å². The van der Waals surface area contributed by atoms with Gasteiger partial charge in [0.05, 0.1) is 23.6 Å². The molecule has 12 rings (SSSR count). The number of hydrogen-bond donors (Lipinski definition) is 0. The molecule has 1 spiro atoms. The SMILES string of the molecule is [2H]c1c([2H])c([2H])c(N(c2ccccc2)c2ccc3c(c2)C2(c4ccccc4-c4ccc(N(c5ccccc5-c5ccccc5)c5ccccc5-c5ccccc5)cc42)c2ccccc2-3)c([2H])c1[2H]. The van der Waals surface area contributed by atoms with Crippen LogP contribution in [0.3, 0.4) is 0 Å². The first-order valence-corrected chi connectivity index (χ1v) is 21.4. The van der Waals surface area contributed by atoms with E-state index in [1.165, 1.54) is 0 Å². The Morgan fingerprint density at radius 1 is 0.286 bits per heavy atom. The highest BCUT2D eigenvalue weighted by atomic mass is 15.2. The summed E-state index contributed by atoms with van der Waals surface area (Å²) in [5.41, 5.74) is 17.1. The number of anilines is 6. The van der Waals surface area contributed by atoms with Gasteiger partial charge < -0.3 is 9.80 Å². The van der Waals surface area contributed by atoms with Crippen LogP contribution in [0.5, 0.6) is 0 Å². The molecular formula is C61H42N2. The molecule has 0 saturated carbocycles. The molecule has 0 aromatic heterocycles. The number of hydrogen-bond acceptors (Lipinski definition) is 2. The maximum atomic E-state index is 9.20. The fourth-order valence-corrected chi connectivity index (χ4v) is 10.2. The third-order valence-corrected chi connectivity index (χ3v) is 12.8. The van der Waals surface area contributed by atoms with Gasteiger partial charge in [-0.2, -0.15) is 0 Å². The lowest BCUT2D eigenvalue weighted by Gasteiger charge is -2.34. The highest BCUT2D eigenvalue weighted by molar-refractivity contribution is 5.99. The lowest BCUT2D eigenvalue weighted by Crippen LogP contribution is -2.26. The second-order valence-corrected chi connectivity index (χ2v) is 16.0. The van der Waals surface area contributed by atoms with Gasteiger partial charge in [-0.15, -0.1) is 0 Å². The van der Waals surface area contributed by atoms with E-state index in [4.69, 9.17) is 4.11 Å². The Labute approximate surface area is 376 Å². The quantitative estimate of drug-likeness (QED) is 0.151. The second kappa shape index (κ2) is 15.1. The monoisotopic (exact) mass is 807 g/mol. The first-order chi connectivity index (χ1) is 33.4. The minimum absolute atomic E-state index is 0.0889. The van der Waals surface area contributed by atoms with E-state index in [-0.39, 0.29) is 29.9 Å². The lowest BCUT2D eigenvalue weighted by atomic mass is 9.70. The molecule has 0 N–H and O–H groups in total. The molecule has 2 aliphatic rings. The number of para-hydroxylation sites is 4. The molecule has 2 heteroatoms. The van der Waals surface area contributed by atoms with Crippen molar-refractivity contribution in [2.24, 2.45) is 0 Å². The summed E-state index contributed by atoms with van der Waals surface area (Å²) in [5, 5.41) is 0. The molecule has 0 fully saturated rings. The predicted octanol–water partition coefficient (Wildman–Crippen LogP) is 16.3. The number of nitrogens with zero attached hydrogens (tertiary/aromatic N) is 2. The van der Waals surface area contributed by atoms with E-state index < -0.39 is 11.5 Å². The van der Waals surface area contributed by atoms with Crippen molar-refractivity contribution < 1.29 is 6.85 Å². The molecule has 10 aromatic carbocycles. The van der Waals surface area contributed by atoms with Gasteiger partial charge in [-0.05, 0) is 116 Å². The molecule has 0 aliphatic heterocycles. The average Bonchev–Trinajstić information content (AvgIpc) is 3.86. The highest BCUT2D eigenvalue weighted by Crippen LogP contribution is 2.64. The van der Waals surface area contributed by atoms with Gasteiger partial charge >= 0.3 is 0 Å². The van der Waals surface area contributed by atoms with Crippen LogP contribution in [0, 0.1) is 0 Å². The third kappa shape index (κ3) is 5.80. The van der Waals surface area contributed by atoms with Gasteiger partial charge in [0, 0.05) is 33.9 Å². The maximum absolute atomic E-state index is 9.20. The number of rotatable bonds is 8. The molecule has 1 atom stereocenters. The number of fused-ring (bicyclic) bond motifs is 10. The third-order valence-electron chi connectivity index (χ3n) is 12.8. The van der Waals surface area contributed by atoms with Gasteiger partial charge in [0.15, 0.2) is 0 Å². The fourth-order valence-electron chi connectivity index (χ4n) is 10.2. The molecule has 2 nitrogen and oxygen atoms in total. The van der Waals surface area contributed by atoms with Gasteiger partial charge in [-0.25, -0.2) is 0 Å². The molecule has 296 valence electrons. The normalized spacial score (nSPS) is 15.2. The molecule has 0 bridgehead atoms. The van der Waals surface area contributed by atoms with Crippen LogP contribution in [0.25, 0.3) is 44.5 Å². The van der Waals surface area contributed by atoms with Crippen molar-refractivity contribution in [1.29, 1.82) is 0 Å².